The predicted octanol–water partition coefficient (Wildman–Crippen LogP) is 1.60. The molecule has 26 heavy (non-hydrogen) atoms. The van der Waals surface area contributed by atoms with E-state index < -0.39 is 11.5 Å². The summed E-state index contributed by atoms with van der Waals surface area (Å²) in [7, 11) is 1.89. The molecule has 1 aliphatic rings. The Bertz CT molecular complexity index is 766. The number of carbonyl (C=O) groups is 1. The summed E-state index contributed by atoms with van der Waals surface area (Å²) in [5.41, 5.74) is 5.80. The molecule has 1 saturated heterocycles. The van der Waals surface area contributed by atoms with Crippen LogP contribution in [0.3, 0.4) is 0 Å². The summed E-state index contributed by atoms with van der Waals surface area (Å²) >= 11 is 6.00. The molecule has 140 valence electrons. The van der Waals surface area contributed by atoms with Gasteiger partial charge in [0, 0.05) is 43.5 Å². The standard InChI is InChI=1S/C18H23ClN4O3/c1-22-10-14(9-21-22)11-23-5-6-26-18(12-23,8-17(20)24)13-25-16-4-2-3-15(19)7-16/h2-4,7,9-10H,5-6,8,11-13H2,1H3,(H2,20,24)/t18-/m1/s1. The van der Waals surface area contributed by atoms with E-state index in [1.807, 2.05) is 31.6 Å². The third-order valence-corrected chi connectivity index (χ3v) is 4.52. The van der Waals surface area contributed by atoms with Gasteiger partial charge in [0.2, 0.25) is 5.91 Å². The first kappa shape index (κ1) is 18.7. The molecule has 1 fully saturated rings. The second kappa shape index (κ2) is 8.07. The van der Waals surface area contributed by atoms with Crippen molar-refractivity contribution in [3.05, 3.63) is 47.2 Å². The third kappa shape index (κ3) is 4.97. The molecular formula is C18H23ClN4O3. The first-order chi connectivity index (χ1) is 12.4. The summed E-state index contributed by atoms with van der Waals surface area (Å²) in [6.45, 7) is 2.78. The molecule has 7 nitrogen and oxygen atoms in total. The van der Waals surface area contributed by atoms with Crippen molar-refractivity contribution in [2.45, 2.75) is 18.6 Å². The van der Waals surface area contributed by atoms with E-state index in [2.05, 4.69) is 10.00 Å². The second-order valence-corrected chi connectivity index (χ2v) is 7.09. The third-order valence-electron chi connectivity index (χ3n) is 4.29. The Morgan fingerprint density at radius 1 is 1.50 bits per heavy atom. The molecule has 1 aromatic heterocycles. The van der Waals surface area contributed by atoms with Gasteiger partial charge in [-0.25, -0.2) is 0 Å². The SMILES string of the molecule is Cn1cc(CN2CCO[C@](COc3cccc(Cl)c3)(CC(N)=O)C2)cn1. The number of hydrogen-bond donors (Lipinski definition) is 1. The minimum atomic E-state index is -0.783. The number of nitrogens with two attached hydrogens (primary N) is 1. The van der Waals surface area contributed by atoms with E-state index in [-0.39, 0.29) is 13.0 Å². The Hall–Kier alpha value is -2.09. The lowest BCUT2D eigenvalue weighted by Gasteiger charge is -2.41. The second-order valence-electron chi connectivity index (χ2n) is 6.65. The van der Waals surface area contributed by atoms with E-state index in [9.17, 15) is 4.79 Å². The first-order valence-electron chi connectivity index (χ1n) is 8.45. The molecule has 2 heterocycles. The summed E-state index contributed by atoms with van der Waals surface area (Å²) in [6.07, 6.45) is 3.92. The fourth-order valence-corrected chi connectivity index (χ4v) is 3.38. The number of aromatic nitrogens is 2. The number of aryl methyl sites for hydroxylation is 1. The van der Waals surface area contributed by atoms with Gasteiger partial charge < -0.3 is 15.2 Å². The molecule has 1 atom stereocenters. The van der Waals surface area contributed by atoms with Gasteiger partial charge in [-0.2, -0.15) is 5.10 Å². The Morgan fingerprint density at radius 2 is 2.35 bits per heavy atom. The van der Waals surface area contributed by atoms with Crippen molar-refractivity contribution in [3.8, 4) is 5.75 Å². The number of nitrogens with zero attached hydrogens (tertiary/aromatic N) is 3. The minimum absolute atomic E-state index is 0.0944. The molecule has 0 bridgehead atoms. The van der Waals surface area contributed by atoms with E-state index >= 15 is 0 Å². The highest BCUT2D eigenvalue weighted by Gasteiger charge is 2.39. The lowest BCUT2D eigenvalue weighted by atomic mass is 9.97. The fraction of sp³-hybridized carbons (Fsp3) is 0.444. The lowest BCUT2D eigenvalue weighted by Crippen LogP contribution is -2.56. The molecule has 8 heteroatoms. The van der Waals surface area contributed by atoms with Gasteiger partial charge in [-0.1, -0.05) is 17.7 Å². The Morgan fingerprint density at radius 3 is 3.04 bits per heavy atom. The molecule has 2 aromatic rings. The number of ether oxygens (including phenoxy) is 2. The minimum Gasteiger partial charge on any atom is -0.490 e. The summed E-state index contributed by atoms with van der Waals surface area (Å²) in [5, 5.41) is 4.79. The van der Waals surface area contributed by atoms with E-state index in [0.717, 1.165) is 18.7 Å². The largest absolute Gasteiger partial charge is 0.490 e. The average molecular weight is 379 g/mol. The summed E-state index contributed by atoms with van der Waals surface area (Å²) < 4.78 is 13.6. The van der Waals surface area contributed by atoms with E-state index in [4.69, 9.17) is 26.8 Å². The normalized spacial score (nSPS) is 20.8. The quantitative estimate of drug-likeness (QED) is 0.791. The Labute approximate surface area is 157 Å². The number of benzene rings is 1. The maximum absolute atomic E-state index is 11.6. The van der Waals surface area contributed by atoms with Crippen LogP contribution >= 0.6 is 11.6 Å². The number of primary amides is 1. The summed E-state index contributed by atoms with van der Waals surface area (Å²) in [5.74, 6) is 0.220. The zero-order valence-electron chi connectivity index (χ0n) is 14.7. The van der Waals surface area contributed by atoms with Crippen LogP contribution in [0.4, 0.5) is 0 Å². The van der Waals surface area contributed by atoms with Crippen LogP contribution in [-0.4, -0.2) is 52.5 Å². The average Bonchev–Trinajstić information content (AvgIpc) is 2.98. The van der Waals surface area contributed by atoms with Crippen LogP contribution in [0.1, 0.15) is 12.0 Å². The van der Waals surface area contributed by atoms with Crippen LogP contribution in [0.5, 0.6) is 5.75 Å². The number of morpholine rings is 1. The van der Waals surface area contributed by atoms with Crippen LogP contribution in [0, 0.1) is 0 Å². The Balaban J connectivity index is 1.69. The van der Waals surface area contributed by atoms with E-state index in [1.165, 1.54) is 0 Å². The van der Waals surface area contributed by atoms with Gasteiger partial charge in [-0.15, -0.1) is 0 Å². The molecular weight excluding hydrogens is 356 g/mol. The molecule has 0 spiro atoms. The van der Waals surface area contributed by atoms with Gasteiger partial charge in [0.15, 0.2) is 0 Å². The smallest absolute Gasteiger partial charge is 0.220 e. The van der Waals surface area contributed by atoms with Crippen molar-refractivity contribution >= 4 is 17.5 Å². The number of amides is 1. The zero-order chi connectivity index (χ0) is 18.6. The highest BCUT2D eigenvalue weighted by Crippen LogP contribution is 2.26. The van der Waals surface area contributed by atoms with E-state index in [1.54, 1.807) is 16.8 Å². The topological polar surface area (TPSA) is 82.6 Å². The van der Waals surface area contributed by atoms with Crippen molar-refractivity contribution in [3.63, 3.8) is 0 Å². The van der Waals surface area contributed by atoms with Gasteiger partial charge in [-0.3, -0.25) is 14.4 Å². The lowest BCUT2D eigenvalue weighted by molar-refractivity contribution is -0.148. The number of hydrogen-bond acceptors (Lipinski definition) is 5. The molecule has 0 aliphatic carbocycles. The van der Waals surface area contributed by atoms with Gasteiger partial charge >= 0.3 is 0 Å². The summed E-state index contributed by atoms with van der Waals surface area (Å²) in [4.78, 5) is 13.9. The number of carbonyl (C=O) groups excluding carboxylic acids is 1. The summed E-state index contributed by atoms with van der Waals surface area (Å²) in [6, 6.07) is 7.14. The Kier molecular flexibility index (Phi) is 5.80. The molecule has 1 aliphatic heterocycles. The monoisotopic (exact) mass is 378 g/mol. The van der Waals surface area contributed by atoms with E-state index in [0.29, 0.717) is 23.9 Å². The van der Waals surface area contributed by atoms with Crippen molar-refractivity contribution in [2.75, 3.05) is 26.3 Å². The molecule has 0 radical (unpaired) electrons. The van der Waals surface area contributed by atoms with Gasteiger partial charge in [0.25, 0.3) is 0 Å². The van der Waals surface area contributed by atoms with Gasteiger partial charge in [0.1, 0.15) is 18.0 Å². The van der Waals surface area contributed by atoms with Crippen LogP contribution < -0.4 is 10.5 Å². The molecule has 2 N–H and O–H groups in total. The van der Waals surface area contributed by atoms with Gasteiger partial charge in [-0.05, 0) is 18.2 Å². The van der Waals surface area contributed by atoms with Crippen LogP contribution in [0.15, 0.2) is 36.7 Å². The molecule has 3 rings (SSSR count). The number of halogens is 1. The molecule has 0 unspecified atom stereocenters. The predicted molar refractivity (Wildman–Crippen MR) is 97.9 cm³/mol. The van der Waals surface area contributed by atoms with Crippen molar-refractivity contribution < 1.29 is 14.3 Å². The maximum Gasteiger partial charge on any atom is 0.220 e. The molecule has 0 saturated carbocycles. The van der Waals surface area contributed by atoms with Crippen molar-refractivity contribution in [1.29, 1.82) is 0 Å². The van der Waals surface area contributed by atoms with Gasteiger partial charge in [0.05, 0.1) is 19.2 Å². The zero-order valence-corrected chi connectivity index (χ0v) is 15.5. The molecule has 1 aromatic carbocycles. The van der Waals surface area contributed by atoms with Crippen molar-refractivity contribution in [1.82, 2.24) is 14.7 Å². The van der Waals surface area contributed by atoms with Crippen molar-refractivity contribution in [2.24, 2.45) is 12.8 Å². The van der Waals surface area contributed by atoms with Crippen LogP contribution in [-0.2, 0) is 23.1 Å². The first-order valence-corrected chi connectivity index (χ1v) is 8.82. The highest BCUT2D eigenvalue weighted by atomic mass is 35.5. The van der Waals surface area contributed by atoms with Crippen LogP contribution in [0.25, 0.3) is 0 Å². The fourth-order valence-electron chi connectivity index (χ4n) is 3.20. The number of rotatable bonds is 7. The maximum atomic E-state index is 11.6. The van der Waals surface area contributed by atoms with Crippen LogP contribution in [0.2, 0.25) is 5.02 Å². The highest BCUT2D eigenvalue weighted by molar-refractivity contribution is 6.30. The molecule has 1 amide bonds.